The van der Waals surface area contributed by atoms with Crippen molar-refractivity contribution in [2.45, 2.75) is 0 Å². The molecule has 1 fully saturated rings. The van der Waals surface area contributed by atoms with E-state index in [1.165, 1.54) is 0 Å². The van der Waals surface area contributed by atoms with E-state index in [2.05, 4.69) is 15.5 Å². The van der Waals surface area contributed by atoms with E-state index in [1.54, 1.807) is 18.2 Å². The third-order valence-corrected chi connectivity index (χ3v) is 6.00. The van der Waals surface area contributed by atoms with E-state index in [0.29, 0.717) is 34.4 Å². The molecule has 0 aliphatic carbocycles. The first kappa shape index (κ1) is 22.0. The number of benzene rings is 3. The molecule has 0 aromatic heterocycles. The van der Waals surface area contributed by atoms with Crippen LogP contribution in [0.3, 0.4) is 0 Å². The molecule has 6 nitrogen and oxygen atoms in total. The molecule has 2 N–H and O–H groups in total. The van der Waals surface area contributed by atoms with Gasteiger partial charge in [0.15, 0.2) is 0 Å². The molecule has 0 bridgehead atoms. The van der Waals surface area contributed by atoms with Gasteiger partial charge < -0.3 is 20.4 Å². The van der Waals surface area contributed by atoms with Crippen LogP contribution in [0.4, 0.5) is 21.9 Å². The summed E-state index contributed by atoms with van der Waals surface area (Å²) >= 11 is 11.9. The van der Waals surface area contributed by atoms with Crippen molar-refractivity contribution in [2.24, 2.45) is 0 Å². The fourth-order valence-corrected chi connectivity index (χ4v) is 3.79. The van der Waals surface area contributed by atoms with Gasteiger partial charge in [0.2, 0.25) is 0 Å². The van der Waals surface area contributed by atoms with Gasteiger partial charge in [0, 0.05) is 48.8 Å². The van der Waals surface area contributed by atoms with E-state index >= 15 is 0 Å². The number of hydrogen-bond acceptors (Lipinski definition) is 3. The number of anilines is 3. The van der Waals surface area contributed by atoms with Crippen LogP contribution < -0.4 is 15.5 Å². The van der Waals surface area contributed by atoms with Crippen LogP contribution in [0.15, 0.2) is 72.8 Å². The third kappa shape index (κ3) is 5.33. The summed E-state index contributed by atoms with van der Waals surface area (Å²) in [7, 11) is 0. The number of carbonyl (C=O) groups is 2. The summed E-state index contributed by atoms with van der Waals surface area (Å²) in [5.74, 6) is -0.255. The second-order valence-electron chi connectivity index (χ2n) is 7.40. The number of hydrogen-bond donors (Lipinski definition) is 2. The monoisotopic (exact) mass is 468 g/mol. The molecule has 0 atom stereocenters. The van der Waals surface area contributed by atoms with Crippen LogP contribution in [0.1, 0.15) is 10.4 Å². The number of halogens is 2. The van der Waals surface area contributed by atoms with Gasteiger partial charge in [0.25, 0.3) is 5.91 Å². The van der Waals surface area contributed by atoms with Gasteiger partial charge in [-0.1, -0.05) is 41.4 Å². The van der Waals surface area contributed by atoms with E-state index < -0.39 is 0 Å². The highest BCUT2D eigenvalue weighted by molar-refractivity contribution is 6.42. The van der Waals surface area contributed by atoms with Gasteiger partial charge >= 0.3 is 6.03 Å². The summed E-state index contributed by atoms with van der Waals surface area (Å²) in [4.78, 5) is 28.9. The molecule has 0 spiro atoms. The predicted octanol–water partition coefficient (Wildman–Crippen LogP) is 5.60. The molecule has 8 heteroatoms. The molecule has 0 saturated carbocycles. The van der Waals surface area contributed by atoms with Gasteiger partial charge in [-0.25, -0.2) is 4.79 Å². The maximum Gasteiger partial charge on any atom is 0.321 e. The normalized spacial score (nSPS) is 13.6. The Hall–Kier alpha value is -3.22. The van der Waals surface area contributed by atoms with Gasteiger partial charge in [0.05, 0.1) is 10.0 Å². The summed E-state index contributed by atoms with van der Waals surface area (Å²) in [6.45, 7) is 2.73. The second kappa shape index (κ2) is 9.94. The lowest BCUT2D eigenvalue weighted by molar-refractivity contribution is 0.102. The largest absolute Gasteiger partial charge is 0.368 e. The van der Waals surface area contributed by atoms with E-state index in [-0.39, 0.29) is 11.9 Å². The molecule has 1 saturated heterocycles. The molecule has 3 amide bonds. The van der Waals surface area contributed by atoms with Crippen LogP contribution in [0.2, 0.25) is 10.0 Å². The summed E-state index contributed by atoms with van der Waals surface area (Å²) in [6.07, 6.45) is 0. The fraction of sp³-hybridized carbons (Fsp3) is 0.167. The molecule has 32 heavy (non-hydrogen) atoms. The number of amides is 3. The van der Waals surface area contributed by atoms with Crippen molar-refractivity contribution in [3.63, 3.8) is 0 Å². The molecular formula is C24H22Cl2N4O2. The lowest BCUT2D eigenvalue weighted by atomic mass is 10.2. The number of nitrogens with one attached hydrogen (secondary N) is 2. The topological polar surface area (TPSA) is 64.7 Å². The van der Waals surface area contributed by atoms with Crippen LogP contribution in [0, 0.1) is 0 Å². The average Bonchev–Trinajstić information content (AvgIpc) is 2.82. The van der Waals surface area contributed by atoms with Crippen molar-refractivity contribution in [3.8, 4) is 0 Å². The molecule has 0 unspecified atom stereocenters. The Morgan fingerprint density at radius 1 is 0.719 bits per heavy atom. The third-order valence-electron chi connectivity index (χ3n) is 5.26. The Bertz CT molecular complexity index is 1100. The Balaban J connectivity index is 1.30. The van der Waals surface area contributed by atoms with Crippen LogP contribution in [-0.2, 0) is 0 Å². The minimum absolute atomic E-state index is 0.0868. The summed E-state index contributed by atoms with van der Waals surface area (Å²) in [5.41, 5.74) is 2.96. The first-order chi connectivity index (χ1) is 15.5. The van der Waals surface area contributed by atoms with Crippen molar-refractivity contribution < 1.29 is 9.59 Å². The average molecular weight is 469 g/mol. The van der Waals surface area contributed by atoms with Gasteiger partial charge in [0.1, 0.15) is 0 Å². The molecule has 1 aliphatic heterocycles. The number of urea groups is 1. The molecule has 3 aromatic carbocycles. The van der Waals surface area contributed by atoms with Crippen molar-refractivity contribution in [1.29, 1.82) is 0 Å². The quantitative estimate of drug-likeness (QED) is 0.523. The SMILES string of the molecule is O=C(Nc1ccc(N2CCN(C(=O)Nc3ccccc3)CC2)cc1)c1ccc(Cl)c(Cl)c1. The first-order valence-electron chi connectivity index (χ1n) is 10.2. The van der Waals surface area contributed by atoms with Crippen molar-refractivity contribution in [3.05, 3.63) is 88.4 Å². The van der Waals surface area contributed by atoms with Crippen LogP contribution in [0.5, 0.6) is 0 Å². The zero-order chi connectivity index (χ0) is 22.5. The van der Waals surface area contributed by atoms with E-state index in [1.807, 2.05) is 59.5 Å². The Morgan fingerprint density at radius 3 is 2.03 bits per heavy atom. The highest BCUT2D eigenvalue weighted by atomic mass is 35.5. The number of nitrogens with zero attached hydrogens (tertiary/aromatic N) is 2. The van der Waals surface area contributed by atoms with Crippen LogP contribution in [-0.4, -0.2) is 43.0 Å². The van der Waals surface area contributed by atoms with Crippen LogP contribution >= 0.6 is 23.2 Å². The zero-order valence-corrected chi connectivity index (χ0v) is 18.7. The highest BCUT2D eigenvalue weighted by Crippen LogP contribution is 2.24. The van der Waals surface area contributed by atoms with Crippen molar-refractivity contribution in [1.82, 2.24) is 4.90 Å². The number of rotatable bonds is 4. The van der Waals surface area contributed by atoms with Gasteiger partial charge in [-0.05, 0) is 54.6 Å². The molecule has 4 rings (SSSR count). The summed E-state index contributed by atoms with van der Waals surface area (Å²) in [5, 5.41) is 6.53. The standard InChI is InChI=1S/C24H22Cl2N4O2/c25-21-11-6-17(16-22(21)26)23(31)27-19-7-9-20(10-8-19)29-12-14-30(15-13-29)24(32)28-18-4-2-1-3-5-18/h1-11,16H,12-15H2,(H,27,31)(H,28,32). The molecule has 1 aliphatic rings. The predicted molar refractivity (Wildman–Crippen MR) is 130 cm³/mol. The number of piperazine rings is 1. The molecule has 164 valence electrons. The van der Waals surface area contributed by atoms with E-state index in [4.69, 9.17) is 23.2 Å². The fourth-order valence-electron chi connectivity index (χ4n) is 3.49. The molecule has 1 heterocycles. The van der Waals surface area contributed by atoms with Gasteiger partial charge in [-0.3, -0.25) is 4.79 Å². The van der Waals surface area contributed by atoms with Crippen molar-refractivity contribution in [2.75, 3.05) is 41.7 Å². The molecular weight excluding hydrogens is 447 g/mol. The smallest absolute Gasteiger partial charge is 0.321 e. The lowest BCUT2D eigenvalue weighted by Crippen LogP contribution is -2.50. The van der Waals surface area contributed by atoms with Gasteiger partial charge in [-0.2, -0.15) is 0 Å². The minimum atomic E-state index is -0.255. The summed E-state index contributed by atoms with van der Waals surface area (Å²) < 4.78 is 0. The Kier molecular flexibility index (Phi) is 6.83. The highest BCUT2D eigenvalue weighted by Gasteiger charge is 2.21. The van der Waals surface area contributed by atoms with E-state index in [0.717, 1.165) is 24.5 Å². The zero-order valence-electron chi connectivity index (χ0n) is 17.2. The maximum absolute atomic E-state index is 12.5. The number of carbonyl (C=O) groups excluding carboxylic acids is 2. The van der Waals surface area contributed by atoms with E-state index in [9.17, 15) is 9.59 Å². The second-order valence-corrected chi connectivity index (χ2v) is 8.21. The minimum Gasteiger partial charge on any atom is -0.368 e. The molecule has 3 aromatic rings. The first-order valence-corrected chi connectivity index (χ1v) is 11.0. The number of para-hydroxylation sites is 1. The summed E-state index contributed by atoms with van der Waals surface area (Å²) in [6, 6.07) is 21.8. The maximum atomic E-state index is 12.5. The Morgan fingerprint density at radius 2 is 1.38 bits per heavy atom. The lowest BCUT2D eigenvalue weighted by Gasteiger charge is -2.36. The van der Waals surface area contributed by atoms with Crippen molar-refractivity contribution >= 4 is 52.2 Å². The Labute approximate surface area is 196 Å². The molecule has 0 radical (unpaired) electrons. The van der Waals surface area contributed by atoms with Gasteiger partial charge in [-0.15, -0.1) is 0 Å². The van der Waals surface area contributed by atoms with Crippen LogP contribution in [0.25, 0.3) is 0 Å².